The van der Waals surface area contributed by atoms with E-state index in [1.807, 2.05) is 30.3 Å². The minimum absolute atomic E-state index is 0.334. The summed E-state index contributed by atoms with van der Waals surface area (Å²) < 4.78 is 86.8. The summed E-state index contributed by atoms with van der Waals surface area (Å²) >= 11 is 0. The fourth-order valence-corrected chi connectivity index (χ4v) is 12.2. The van der Waals surface area contributed by atoms with E-state index in [9.17, 15) is 107 Å². The summed E-state index contributed by atoms with van der Waals surface area (Å²) in [6.07, 6.45) is -72.1. The first kappa shape index (κ1) is 71.3. The summed E-state index contributed by atoms with van der Waals surface area (Å²) in [7, 11) is 0. The Kier molecular flexibility index (Phi) is 24.0. The molecule has 2 aromatic carbocycles. The molecule has 36 heteroatoms. The van der Waals surface area contributed by atoms with Crippen LogP contribution in [0.4, 0.5) is 0 Å². The maximum absolute atomic E-state index is 13.5. The van der Waals surface area contributed by atoms with Crippen LogP contribution in [0, 0.1) is 0 Å². The Hall–Kier alpha value is -3.45. The van der Waals surface area contributed by atoms with Gasteiger partial charge in [-0.1, -0.05) is 54.6 Å². The molecule has 0 radical (unpaired) electrons. The highest BCUT2D eigenvalue weighted by molar-refractivity contribution is 5.73. The number of hydrogen-bond acceptors (Lipinski definition) is 36. The fourth-order valence-electron chi connectivity index (χ4n) is 12.2. The number of benzene rings is 2. The molecule has 35 atom stereocenters. The number of hydrogen-bond donors (Lipinski definition) is 20. The molecule has 21 saturated heterocycles. The first-order chi connectivity index (χ1) is 44.0. The zero-order valence-corrected chi connectivity index (χ0v) is 48.5. The molecule has 21 aliphatic rings. The molecule has 0 aliphatic carbocycles. The van der Waals surface area contributed by atoms with Crippen molar-refractivity contribution in [2.24, 2.45) is 0 Å². The standard InChI is InChI=1S/C56H80O36/c57-11-21-43-30(65)37(72)51(80-21)88-45-23(13-59)82-53(39(74)32(45)67)90-47-25(15-61)84-55(41(76)34(47)69)92-49-27(17-78-28(63)10-18-6-8-20(9-7-18)19-4-2-1-3-5-19)85-56(42(77)35(49)70)91-48-26(16-62)83-54(40(75)33(48)68)89-46-24(14-60)81-52(38(73)31(46)66)87-44-22(12-58)79-50(86-43)36(71)29(44)64/h1-9,21-27,29-62,64-77H,10-17H2/t21-,22-,23-,24-,25-,26-,27-,29-,30-,31-,32-,33-,34-,35-,36-,37-,38-,39-,40-,41-,42-,43-,44-,45-,46-,47-,48-,49-,50-,51-,52-,53-,54-,55-,56-/m1/s1. The van der Waals surface area contributed by atoms with Crippen molar-refractivity contribution in [3.8, 4) is 11.1 Å². The second-order valence-electron chi connectivity index (χ2n) is 23.4. The van der Waals surface area contributed by atoms with Crippen LogP contribution < -0.4 is 0 Å². The number of rotatable bonds is 11. The Morgan fingerprint density at radius 2 is 0.500 bits per heavy atom. The minimum Gasteiger partial charge on any atom is -0.463 e. The minimum atomic E-state index is -2.28. The summed E-state index contributed by atoms with van der Waals surface area (Å²) in [5, 5.41) is 224. The second kappa shape index (κ2) is 31.0. The second-order valence-corrected chi connectivity index (χ2v) is 23.4. The smallest absolute Gasteiger partial charge is 0.310 e. The average molecular weight is 1330 g/mol. The van der Waals surface area contributed by atoms with Crippen molar-refractivity contribution in [1.82, 2.24) is 0 Å². The largest absolute Gasteiger partial charge is 0.463 e. The molecular weight excluding hydrogens is 1250 g/mol. The molecule has 0 saturated carbocycles. The van der Waals surface area contributed by atoms with Gasteiger partial charge in [0, 0.05) is 0 Å². The van der Waals surface area contributed by atoms with Crippen LogP contribution in [0.2, 0.25) is 0 Å². The number of esters is 1. The van der Waals surface area contributed by atoms with E-state index in [1.54, 1.807) is 24.3 Å². The maximum atomic E-state index is 13.5. The number of aliphatic hydroxyl groups is 20. The van der Waals surface area contributed by atoms with Crippen molar-refractivity contribution in [3.63, 3.8) is 0 Å². The van der Waals surface area contributed by atoms with Crippen molar-refractivity contribution in [2.75, 3.05) is 46.2 Å². The third kappa shape index (κ3) is 14.7. The predicted octanol–water partition coefficient (Wildman–Crippen LogP) is -11.8. The lowest BCUT2D eigenvalue weighted by Gasteiger charge is -2.50. The van der Waals surface area contributed by atoms with E-state index in [-0.39, 0.29) is 6.42 Å². The summed E-state index contributed by atoms with van der Waals surface area (Å²) in [5.41, 5.74) is 2.22. The normalized spacial score (nSPS) is 48.1. The predicted molar refractivity (Wildman–Crippen MR) is 288 cm³/mol. The monoisotopic (exact) mass is 1330 g/mol. The van der Waals surface area contributed by atoms with Gasteiger partial charge in [0.1, 0.15) is 178 Å². The van der Waals surface area contributed by atoms with Crippen LogP contribution in [0.1, 0.15) is 5.56 Å². The third-order valence-electron chi connectivity index (χ3n) is 17.4. The Balaban J connectivity index is 0.933. The Bertz CT molecular complexity index is 2600. The van der Waals surface area contributed by atoms with Gasteiger partial charge in [-0.2, -0.15) is 0 Å². The van der Waals surface area contributed by atoms with Crippen molar-refractivity contribution in [2.45, 2.75) is 221 Å². The number of carbonyl (C=O) groups excluding carboxylic acids is 1. The van der Waals surface area contributed by atoms with Gasteiger partial charge >= 0.3 is 5.97 Å². The molecule has 92 heavy (non-hydrogen) atoms. The molecule has 14 bridgehead atoms. The van der Waals surface area contributed by atoms with Gasteiger partial charge in [0.25, 0.3) is 0 Å². The average Bonchev–Trinajstić information content (AvgIpc) is 0.802. The number of aliphatic hydroxyl groups excluding tert-OH is 20. The summed E-state index contributed by atoms with van der Waals surface area (Å²) in [6, 6.07) is 16.2. The highest BCUT2D eigenvalue weighted by Crippen LogP contribution is 2.39. The highest BCUT2D eigenvalue weighted by atomic mass is 16.8. The first-order valence-corrected chi connectivity index (χ1v) is 29.7. The molecule has 36 nitrogen and oxygen atoms in total. The van der Waals surface area contributed by atoms with E-state index in [4.69, 9.17) is 71.1 Å². The van der Waals surface area contributed by atoms with Crippen molar-refractivity contribution < 1.29 is 178 Å². The molecule has 0 aromatic heterocycles. The molecule has 520 valence electrons. The zero-order chi connectivity index (χ0) is 66.1. The topological polar surface area (TPSA) is 560 Å². The molecule has 21 heterocycles. The molecular formula is C56H80O36. The van der Waals surface area contributed by atoms with E-state index in [0.29, 0.717) is 5.56 Å². The zero-order valence-electron chi connectivity index (χ0n) is 48.5. The van der Waals surface area contributed by atoms with Crippen molar-refractivity contribution >= 4 is 5.97 Å². The molecule has 20 N–H and O–H groups in total. The molecule has 0 unspecified atom stereocenters. The lowest BCUT2D eigenvalue weighted by molar-refractivity contribution is -0.396. The van der Waals surface area contributed by atoms with Crippen molar-refractivity contribution in [3.05, 3.63) is 60.2 Å². The van der Waals surface area contributed by atoms with Gasteiger partial charge in [0.2, 0.25) is 0 Å². The van der Waals surface area contributed by atoms with Gasteiger partial charge in [-0.25, -0.2) is 0 Å². The van der Waals surface area contributed by atoms with E-state index in [0.717, 1.165) is 11.1 Å². The van der Waals surface area contributed by atoms with E-state index < -0.39 is 267 Å². The van der Waals surface area contributed by atoms with Crippen LogP contribution in [0.15, 0.2) is 54.6 Å². The van der Waals surface area contributed by atoms with Crippen LogP contribution >= 0.6 is 0 Å². The number of carbonyl (C=O) groups is 1. The van der Waals surface area contributed by atoms with Gasteiger partial charge in [0.15, 0.2) is 44.0 Å². The van der Waals surface area contributed by atoms with E-state index in [1.165, 1.54) is 0 Å². The van der Waals surface area contributed by atoms with Crippen LogP contribution in [0.5, 0.6) is 0 Å². The molecule has 0 amide bonds. The number of ether oxygens (including phenoxy) is 15. The molecule has 21 aliphatic heterocycles. The van der Waals surface area contributed by atoms with Crippen molar-refractivity contribution in [1.29, 1.82) is 0 Å². The van der Waals surface area contributed by atoms with Crippen LogP contribution in [-0.4, -0.2) is 369 Å². The quantitative estimate of drug-likeness (QED) is 0.0929. The molecule has 2 aromatic rings. The van der Waals surface area contributed by atoms with Gasteiger partial charge in [-0.15, -0.1) is 0 Å². The van der Waals surface area contributed by atoms with E-state index >= 15 is 0 Å². The lowest BCUT2D eigenvalue weighted by Crippen LogP contribution is -2.68. The van der Waals surface area contributed by atoms with Gasteiger partial charge in [-0.3, -0.25) is 4.79 Å². The molecule has 21 fully saturated rings. The summed E-state index contributed by atoms with van der Waals surface area (Å²) in [4.78, 5) is 13.5. The first-order valence-electron chi connectivity index (χ1n) is 29.7. The fraction of sp³-hybridized carbons (Fsp3) is 0.768. The van der Waals surface area contributed by atoms with Crippen LogP contribution in [0.3, 0.4) is 0 Å². The van der Waals surface area contributed by atoms with Crippen LogP contribution in [-0.2, 0) is 82.3 Å². The summed E-state index contributed by atoms with van der Waals surface area (Å²) in [6.45, 7) is -7.29. The van der Waals surface area contributed by atoms with E-state index in [2.05, 4.69) is 0 Å². The van der Waals surface area contributed by atoms with Gasteiger partial charge < -0.3 is 173 Å². The Labute approximate surface area is 521 Å². The third-order valence-corrected chi connectivity index (χ3v) is 17.4. The summed E-state index contributed by atoms with van der Waals surface area (Å²) in [5.74, 6) is -0.882. The molecule has 23 rings (SSSR count). The van der Waals surface area contributed by atoms with Gasteiger partial charge in [0.05, 0.1) is 46.1 Å². The Morgan fingerprint density at radius 3 is 0.739 bits per heavy atom. The highest BCUT2D eigenvalue weighted by Gasteiger charge is 2.60. The maximum Gasteiger partial charge on any atom is 0.310 e. The molecule has 0 spiro atoms. The van der Waals surface area contributed by atoms with Gasteiger partial charge in [-0.05, 0) is 16.7 Å². The Morgan fingerprint density at radius 1 is 0.283 bits per heavy atom. The lowest BCUT2D eigenvalue weighted by atomic mass is 9.95. The van der Waals surface area contributed by atoms with Crippen LogP contribution in [0.25, 0.3) is 11.1 Å². The SMILES string of the molecule is O=C(Cc1ccc(-c2ccccc2)cc1)OC[C@H]1O[C@@H]2O[C@H]3[C@H](O)[C@@H](O)[C@@H](O[C@H]4[C@H](O)[C@@H](O)[C@@H](O[C@H]5[C@H](O)[C@@H](O)[C@@H](O[C@H]6[C@H](O)[C@@H](O)[C@@H](O[C@H]7[C@H](O)[C@@H](O)[C@@H](O[C@H]8[C@H](O)[C@@H](O)[C@@H](O[C@H]1[C@H](O)[C@H]2O)O[C@@H]8CO)O[C@@H]7CO)O[C@@H]6CO)O[C@@H]5CO)O[C@@H]4CO)O[C@@H]3CO.